The third kappa shape index (κ3) is 2.58. The van der Waals surface area contributed by atoms with E-state index in [4.69, 9.17) is 21.4 Å². The lowest BCUT2D eigenvalue weighted by Gasteiger charge is -2.09. The monoisotopic (exact) mass is 298 g/mol. The van der Waals surface area contributed by atoms with Crippen molar-refractivity contribution in [1.82, 2.24) is 0 Å². The Hall–Kier alpha value is -2.14. The van der Waals surface area contributed by atoms with Gasteiger partial charge in [-0.05, 0) is 17.7 Å². The number of halogens is 3. The number of carboxylic acid groups (broad SMARTS) is 1. The lowest BCUT2D eigenvalue weighted by atomic mass is 10.0. The summed E-state index contributed by atoms with van der Waals surface area (Å²) in [6.45, 7) is 0. The molecular weight excluding hydrogens is 290 g/mol. The molecule has 1 N–H and O–H groups in total. The van der Waals surface area contributed by atoms with Crippen molar-refractivity contribution in [2.75, 3.05) is 7.11 Å². The second-order valence-electron chi connectivity index (χ2n) is 3.97. The molecule has 0 aromatic heterocycles. The molecule has 0 radical (unpaired) electrons. The van der Waals surface area contributed by atoms with E-state index in [1.165, 1.54) is 19.2 Å². The third-order valence-electron chi connectivity index (χ3n) is 2.74. The van der Waals surface area contributed by atoms with E-state index in [0.717, 1.165) is 18.2 Å². The molecule has 0 unspecified atom stereocenters. The van der Waals surface area contributed by atoms with Crippen LogP contribution in [-0.4, -0.2) is 18.2 Å². The molecule has 0 aliphatic carbocycles. The maximum atomic E-state index is 13.9. The Morgan fingerprint density at radius 2 is 1.80 bits per heavy atom. The first-order valence-electron chi connectivity index (χ1n) is 5.50. The molecule has 2 aromatic carbocycles. The van der Waals surface area contributed by atoms with Crippen molar-refractivity contribution >= 4 is 17.6 Å². The van der Waals surface area contributed by atoms with Crippen molar-refractivity contribution in [3.8, 4) is 16.9 Å². The van der Waals surface area contributed by atoms with Crippen LogP contribution in [0.3, 0.4) is 0 Å². The quantitative estimate of drug-likeness (QED) is 0.932. The van der Waals surface area contributed by atoms with Crippen LogP contribution in [0, 0.1) is 11.6 Å². The van der Waals surface area contributed by atoms with Crippen LogP contribution in [0.25, 0.3) is 11.1 Å². The van der Waals surface area contributed by atoms with Crippen molar-refractivity contribution in [2.45, 2.75) is 0 Å². The number of methoxy groups -OCH3 is 1. The predicted molar refractivity (Wildman–Crippen MR) is 70.3 cm³/mol. The number of benzene rings is 2. The van der Waals surface area contributed by atoms with Crippen LogP contribution in [-0.2, 0) is 0 Å². The molecule has 0 saturated carbocycles. The van der Waals surface area contributed by atoms with Gasteiger partial charge in [-0.3, -0.25) is 0 Å². The molecule has 0 aliphatic rings. The summed E-state index contributed by atoms with van der Waals surface area (Å²) in [5, 5.41) is 8.96. The van der Waals surface area contributed by atoms with Crippen molar-refractivity contribution in [3.63, 3.8) is 0 Å². The van der Waals surface area contributed by atoms with Gasteiger partial charge in [0.1, 0.15) is 17.4 Å². The van der Waals surface area contributed by atoms with Crippen LogP contribution in [0.4, 0.5) is 8.78 Å². The summed E-state index contributed by atoms with van der Waals surface area (Å²) in [7, 11) is 1.29. The molecule has 0 amide bonds. The van der Waals surface area contributed by atoms with Crippen molar-refractivity contribution in [2.24, 2.45) is 0 Å². The highest BCUT2D eigenvalue weighted by molar-refractivity contribution is 6.33. The number of hydrogen-bond donors (Lipinski definition) is 1. The van der Waals surface area contributed by atoms with Crippen LogP contribution in [0.1, 0.15) is 10.4 Å². The Bertz CT molecular complexity index is 663. The molecule has 20 heavy (non-hydrogen) atoms. The van der Waals surface area contributed by atoms with Gasteiger partial charge in [-0.1, -0.05) is 17.7 Å². The van der Waals surface area contributed by atoms with Crippen LogP contribution in [0.15, 0.2) is 30.3 Å². The van der Waals surface area contributed by atoms with Crippen LogP contribution >= 0.6 is 11.6 Å². The van der Waals surface area contributed by atoms with Crippen molar-refractivity contribution in [1.29, 1.82) is 0 Å². The Kier molecular flexibility index (Phi) is 3.90. The fourth-order valence-electron chi connectivity index (χ4n) is 1.79. The first-order chi connectivity index (χ1) is 9.43. The summed E-state index contributed by atoms with van der Waals surface area (Å²) in [6, 6.07) is 5.80. The van der Waals surface area contributed by atoms with Crippen molar-refractivity contribution < 1.29 is 23.4 Å². The highest BCUT2D eigenvalue weighted by Crippen LogP contribution is 2.32. The van der Waals surface area contributed by atoms with Crippen LogP contribution in [0.5, 0.6) is 5.75 Å². The fraction of sp³-hybridized carbons (Fsp3) is 0.0714. The van der Waals surface area contributed by atoms with Crippen LogP contribution in [0.2, 0.25) is 5.02 Å². The number of carboxylic acids is 1. The molecule has 0 aliphatic heterocycles. The second kappa shape index (κ2) is 5.46. The van der Waals surface area contributed by atoms with E-state index in [1.54, 1.807) is 0 Å². The summed E-state index contributed by atoms with van der Waals surface area (Å²) >= 11 is 5.72. The Labute approximate surface area is 118 Å². The molecule has 6 heteroatoms. The van der Waals surface area contributed by atoms with Gasteiger partial charge < -0.3 is 9.84 Å². The van der Waals surface area contributed by atoms with E-state index >= 15 is 0 Å². The molecule has 0 heterocycles. The zero-order valence-electron chi connectivity index (χ0n) is 10.3. The Morgan fingerprint density at radius 1 is 1.20 bits per heavy atom. The molecule has 104 valence electrons. The largest absolute Gasteiger partial charge is 0.497 e. The normalized spacial score (nSPS) is 10.4. The number of rotatable bonds is 3. The van der Waals surface area contributed by atoms with Crippen LogP contribution < -0.4 is 4.74 Å². The Balaban J connectivity index is 2.63. The molecular formula is C14H9ClF2O3. The van der Waals surface area contributed by atoms with Gasteiger partial charge in [0.2, 0.25) is 0 Å². The summed E-state index contributed by atoms with van der Waals surface area (Å²) in [6.07, 6.45) is 0. The topological polar surface area (TPSA) is 46.5 Å². The number of ether oxygens (including phenoxy) is 1. The Morgan fingerprint density at radius 3 is 2.30 bits per heavy atom. The summed E-state index contributed by atoms with van der Waals surface area (Å²) < 4.78 is 32.6. The van der Waals surface area contributed by atoms with E-state index in [9.17, 15) is 13.6 Å². The van der Waals surface area contributed by atoms with E-state index < -0.39 is 17.6 Å². The van der Waals surface area contributed by atoms with Gasteiger partial charge in [0.05, 0.1) is 23.3 Å². The van der Waals surface area contributed by atoms with Crippen molar-refractivity contribution in [3.05, 3.63) is 52.6 Å². The molecule has 0 saturated heterocycles. The average molecular weight is 299 g/mol. The van der Waals surface area contributed by atoms with Gasteiger partial charge in [-0.15, -0.1) is 0 Å². The molecule has 0 spiro atoms. The molecule has 0 bridgehead atoms. The summed E-state index contributed by atoms with van der Waals surface area (Å²) in [5.41, 5.74) is -0.465. The molecule has 0 fully saturated rings. The highest BCUT2D eigenvalue weighted by Gasteiger charge is 2.17. The van der Waals surface area contributed by atoms with E-state index in [2.05, 4.69) is 0 Å². The first kappa shape index (κ1) is 14.3. The minimum absolute atomic E-state index is 0.00409. The molecule has 2 rings (SSSR count). The molecule has 0 atom stereocenters. The SMILES string of the molecule is COc1cc(F)c(-c2ccc(Cl)c(C(=O)O)c2)c(F)c1. The number of carbonyl (C=O) groups is 1. The van der Waals surface area contributed by atoms with E-state index in [0.29, 0.717) is 0 Å². The van der Waals surface area contributed by atoms with Gasteiger partial charge in [0.25, 0.3) is 0 Å². The zero-order chi connectivity index (χ0) is 14.9. The summed E-state index contributed by atoms with van der Waals surface area (Å²) in [5.74, 6) is -2.93. The highest BCUT2D eigenvalue weighted by atomic mass is 35.5. The standard InChI is InChI=1S/C14H9ClF2O3/c1-20-8-5-11(16)13(12(17)6-8)7-2-3-10(15)9(4-7)14(18)19/h2-6H,1H3,(H,18,19). The fourth-order valence-corrected chi connectivity index (χ4v) is 1.99. The number of aromatic carboxylic acids is 1. The van der Waals surface area contributed by atoms with E-state index in [-0.39, 0.29) is 27.5 Å². The van der Waals surface area contributed by atoms with Gasteiger partial charge >= 0.3 is 5.97 Å². The first-order valence-corrected chi connectivity index (χ1v) is 5.88. The zero-order valence-corrected chi connectivity index (χ0v) is 11.0. The molecule has 2 aromatic rings. The minimum Gasteiger partial charge on any atom is -0.497 e. The van der Waals surface area contributed by atoms with E-state index in [1.807, 2.05) is 0 Å². The third-order valence-corrected chi connectivity index (χ3v) is 3.07. The van der Waals surface area contributed by atoms with Gasteiger partial charge in [-0.2, -0.15) is 0 Å². The lowest BCUT2D eigenvalue weighted by Crippen LogP contribution is -1.99. The lowest BCUT2D eigenvalue weighted by molar-refractivity contribution is 0.0697. The molecule has 3 nitrogen and oxygen atoms in total. The smallest absolute Gasteiger partial charge is 0.337 e. The van der Waals surface area contributed by atoms with Gasteiger partial charge in [-0.25, -0.2) is 13.6 Å². The number of hydrogen-bond acceptors (Lipinski definition) is 2. The minimum atomic E-state index is -1.27. The predicted octanol–water partition coefficient (Wildman–Crippen LogP) is 3.99. The van der Waals surface area contributed by atoms with Gasteiger partial charge in [0.15, 0.2) is 0 Å². The maximum absolute atomic E-state index is 13.9. The maximum Gasteiger partial charge on any atom is 0.337 e. The second-order valence-corrected chi connectivity index (χ2v) is 4.37. The average Bonchev–Trinajstić information content (AvgIpc) is 2.39. The summed E-state index contributed by atoms with van der Waals surface area (Å²) in [4.78, 5) is 11.0. The van der Waals surface area contributed by atoms with Gasteiger partial charge in [0, 0.05) is 12.1 Å².